The number of carbonyl (C=O) groups excluding carboxylic acids is 1. The number of hydrogen-bond donors (Lipinski definition) is 2. The second kappa shape index (κ2) is 5.46. The molecule has 0 atom stereocenters. The number of ether oxygens (including phenoxy) is 1. The zero-order valence-electron chi connectivity index (χ0n) is 11.2. The summed E-state index contributed by atoms with van der Waals surface area (Å²) in [5.74, 6) is -0.393. The predicted molar refractivity (Wildman–Crippen MR) is 73.4 cm³/mol. The van der Waals surface area contributed by atoms with E-state index in [9.17, 15) is 14.9 Å². The van der Waals surface area contributed by atoms with Gasteiger partial charge in [0, 0.05) is 36.6 Å². The van der Waals surface area contributed by atoms with Crippen LogP contribution in [0.4, 0.5) is 11.4 Å². The van der Waals surface area contributed by atoms with Crippen LogP contribution >= 0.6 is 0 Å². The molecule has 1 aliphatic heterocycles. The van der Waals surface area contributed by atoms with Crippen molar-refractivity contribution in [1.82, 2.24) is 5.32 Å². The number of amides is 1. The van der Waals surface area contributed by atoms with Crippen molar-refractivity contribution < 1.29 is 14.5 Å². The molecule has 3 N–H and O–H groups in total. The highest BCUT2D eigenvalue weighted by molar-refractivity contribution is 6.00. The highest BCUT2D eigenvalue weighted by Gasteiger charge is 2.30. The van der Waals surface area contributed by atoms with E-state index in [0.717, 1.165) is 0 Å². The maximum atomic E-state index is 12.3. The molecule has 1 aromatic carbocycles. The lowest BCUT2D eigenvalue weighted by molar-refractivity contribution is -0.384. The summed E-state index contributed by atoms with van der Waals surface area (Å²) in [5.41, 5.74) is 5.57. The fraction of sp³-hybridized carbons (Fsp3) is 0.462. The van der Waals surface area contributed by atoms with E-state index in [-0.39, 0.29) is 22.5 Å². The van der Waals surface area contributed by atoms with Gasteiger partial charge in [0.25, 0.3) is 11.6 Å². The van der Waals surface area contributed by atoms with Crippen molar-refractivity contribution in [2.75, 3.05) is 18.9 Å². The quantitative estimate of drug-likeness (QED) is 0.495. The monoisotopic (exact) mass is 279 g/mol. The normalized spacial score (nSPS) is 17.4. The molecule has 2 rings (SSSR count). The molecule has 20 heavy (non-hydrogen) atoms. The van der Waals surface area contributed by atoms with Gasteiger partial charge in [-0.2, -0.15) is 0 Å². The first-order valence-electron chi connectivity index (χ1n) is 6.35. The molecule has 108 valence electrons. The highest BCUT2D eigenvalue weighted by atomic mass is 16.6. The third-order valence-electron chi connectivity index (χ3n) is 3.50. The number of nitrogens with zero attached hydrogens (tertiary/aromatic N) is 1. The third-order valence-corrected chi connectivity index (χ3v) is 3.50. The molecule has 0 unspecified atom stereocenters. The van der Waals surface area contributed by atoms with Crippen LogP contribution in [0.15, 0.2) is 18.2 Å². The number of nitro benzene ring substituents is 1. The van der Waals surface area contributed by atoms with E-state index in [1.165, 1.54) is 18.2 Å². The molecule has 7 nitrogen and oxygen atoms in total. The van der Waals surface area contributed by atoms with Gasteiger partial charge in [0.2, 0.25) is 0 Å². The Morgan fingerprint density at radius 2 is 2.10 bits per heavy atom. The summed E-state index contributed by atoms with van der Waals surface area (Å²) < 4.78 is 5.26. The smallest absolute Gasteiger partial charge is 0.270 e. The first-order valence-corrected chi connectivity index (χ1v) is 6.35. The topological polar surface area (TPSA) is 107 Å². The summed E-state index contributed by atoms with van der Waals surface area (Å²) in [6, 6.07) is 3.86. The van der Waals surface area contributed by atoms with Crippen molar-refractivity contribution in [2.45, 2.75) is 25.3 Å². The Bertz CT molecular complexity index is 538. The van der Waals surface area contributed by atoms with E-state index < -0.39 is 10.8 Å². The summed E-state index contributed by atoms with van der Waals surface area (Å²) in [7, 11) is 0. The number of nitro groups is 1. The van der Waals surface area contributed by atoms with Gasteiger partial charge < -0.3 is 15.8 Å². The van der Waals surface area contributed by atoms with Crippen LogP contribution in [-0.2, 0) is 4.74 Å². The third kappa shape index (κ3) is 3.05. The van der Waals surface area contributed by atoms with E-state index in [1.807, 2.05) is 6.92 Å². The van der Waals surface area contributed by atoms with Gasteiger partial charge in [0.1, 0.15) is 0 Å². The average molecular weight is 279 g/mol. The van der Waals surface area contributed by atoms with Crippen LogP contribution in [0, 0.1) is 10.1 Å². The lowest BCUT2D eigenvalue weighted by Crippen LogP contribution is -2.49. The number of non-ortho nitro benzene ring substituents is 1. The zero-order valence-corrected chi connectivity index (χ0v) is 11.2. The summed E-state index contributed by atoms with van der Waals surface area (Å²) in [6.45, 7) is 3.10. The van der Waals surface area contributed by atoms with Gasteiger partial charge in [0.15, 0.2) is 0 Å². The molecular weight excluding hydrogens is 262 g/mol. The predicted octanol–water partition coefficient (Wildman–Crippen LogP) is 1.48. The van der Waals surface area contributed by atoms with Crippen LogP contribution in [-0.4, -0.2) is 29.6 Å². The first kappa shape index (κ1) is 14.3. The number of rotatable bonds is 3. The van der Waals surface area contributed by atoms with Crippen LogP contribution in [0.25, 0.3) is 0 Å². The fourth-order valence-corrected chi connectivity index (χ4v) is 2.14. The Kier molecular flexibility index (Phi) is 3.89. The molecule has 0 radical (unpaired) electrons. The molecule has 0 bridgehead atoms. The Hall–Kier alpha value is -2.15. The number of benzene rings is 1. The second-order valence-corrected chi connectivity index (χ2v) is 5.16. The first-order chi connectivity index (χ1) is 9.41. The zero-order chi connectivity index (χ0) is 14.8. The van der Waals surface area contributed by atoms with Gasteiger partial charge in [-0.05, 0) is 25.8 Å². The van der Waals surface area contributed by atoms with Crippen molar-refractivity contribution in [2.24, 2.45) is 0 Å². The minimum Gasteiger partial charge on any atom is -0.398 e. The molecule has 0 saturated carbocycles. The minimum atomic E-state index is -0.549. The van der Waals surface area contributed by atoms with Crippen molar-refractivity contribution in [3.05, 3.63) is 33.9 Å². The van der Waals surface area contributed by atoms with Crippen LogP contribution in [0.3, 0.4) is 0 Å². The average Bonchev–Trinajstić information content (AvgIpc) is 2.39. The lowest BCUT2D eigenvalue weighted by atomic mass is 9.92. The van der Waals surface area contributed by atoms with E-state index in [1.54, 1.807) is 0 Å². The maximum absolute atomic E-state index is 12.3. The van der Waals surface area contributed by atoms with E-state index in [4.69, 9.17) is 10.5 Å². The van der Waals surface area contributed by atoms with Crippen LogP contribution in [0.2, 0.25) is 0 Å². The second-order valence-electron chi connectivity index (χ2n) is 5.16. The maximum Gasteiger partial charge on any atom is 0.270 e. The van der Waals surface area contributed by atoms with Crippen molar-refractivity contribution in [1.29, 1.82) is 0 Å². The molecule has 0 spiro atoms. The summed E-state index contributed by atoms with van der Waals surface area (Å²) in [4.78, 5) is 22.5. The standard InChI is InChI=1S/C13H17N3O4/c1-13(4-6-20-7-5-13)15-12(17)10-8-9(16(18)19)2-3-11(10)14/h2-3,8H,4-7,14H2,1H3,(H,15,17). The molecule has 1 saturated heterocycles. The van der Waals surface area contributed by atoms with Crippen molar-refractivity contribution in [3.63, 3.8) is 0 Å². The van der Waals surface area contributed by atoms with Gasteiger partial charge in [-0.1, -0.05) is 0 Å². The Labute approximate surface area is 116 Å². The lowest BCUT2D eigenvalue weighted by Gasteiger charge is -2.34. The molecule has 1 heterocycles. The van der Waals surface area contributed by atoms with E-state index >= 15 is 0 Å². The van der Waals surface area contributed by atoms with Crippen molar-refractivity contribution >= 4 is 17.3 Å². The summed E-state index contributed by atoms with van der Waals surface area (Å²) in [5, 5.41) is 13.7. The number of nitrogens with one attached hydrogen (secondary N) is 1. The molecule has 0 aromatic heterocycles. The van der Waals surface area contributed by atoms with Crippen LogP contribution in [0.5, 0.6) is 0 Å². The number of nitrogens with two attached hydrogens (primary N) is 1. The molecule has 0 aliphatic carbocycles. The largest absolute Gasteiger partial charge is 0.398 e. The number of hydrogen-bond acceptors (Lipinski definition) is 5. The van der Waals surface area contributed by atoms with E-state index in [0.29, 0.717) is 26.1 Å². The number of nitrogen functional groups attached to an aromatic ring is 1. The Morgan fingerprint density at radius 1 is 1.45 bits per heavy atom. The molecule has 1 amide bonds. The van der Waals surface area contributed by atoms with Gasteiger partial charge in [-0.15, -0.1) is 0 Å². The van der Waals surface area contributed by atoms with Crippen molar-refractivity contribution in [3.8, 4) is 0 Å². The molecule has 1 aliphatic rings. The Balaban J connectivity index is 2.20. The minimum absolute atomic E-state index is 0.131. The van der Waals surface area contributed by atoms with Gasteiger partial charge in [-0.25, -0.2) is 0 Å². The molecular formula is C13H17N3O4. The fourth-order valence-electron chi connectivity index (χ4n) is 2.14. The summed E-state index contributed by atoms with van der Waals surface area (Å²) in [6.07, 6.45) is 1.40. The Morgan fingerprint density at radius 3 is 2.70 bits per heavy atom. The number of anilines is 1. The van der Waals surface area contributed by atoms with Gasteiger partial charge >= 0.3 is 0 Å². The highest BCUT2D eigenvalue weighted by Crippen LogP contribution is 2.23. The molecule has 1 fully saturated rings. The molecule has 1 aromatic rings. The SMILES string of the molecule is CC1(NC(=O)c2cc([N+](=O)[O-])ccc2N)CCOCC1. The van der Waals surface area contributed by atoms with Crippen LogP contribution in [0.1, 0.15) is 30.1 Å². The van der Waals surface area contributed by atoms with Gasteiger partial charge in [-0.3, -0.25) is 14.9 Å². The molecule has 7 heteroatoms. The van der Waals surface area contributed by atoms with E-state index in [2.05, 4.69) is 5.32 Å². The van der Waals surface area contributed by atoms with Crippen LogP contribution < -0.4 is 11.1 Å². The summed E-state index contributed by atoms with van der Waals surface area (Å²) >= 11 is 0. The number of carbonyl (C=O) groups is 1. The van der Waals surface area contributed by atoms with Gasteiger partial charge in [0.05, 0.1) is 10.5 Å².